The molecule has 1 aromatic carbocycles. The average Bonchev–Trinajstić information content (AvgIpc) is 3.22. The van der Waals surface area contributed by atoms with E-state index in [-0.39, 0.29) is 17.6 Å². The Morgan fingerprint density at radius 3 is 2.33 bits per heavy atom. The molecule has 0 N–H and O–H groups in total. The minimum atomic E-state index is -4.37. The molecule has 9 heteroatoms. The highest BCUT2D eigenvalue weighted by Gasteiger charge is 2.31. The van der Waals surface area contributed by atoms with Gasteiger partial charge < -0.3 is 9.42 Å². The molecule has 0 atom stereocenters. The van der Waals surface area contributed by atoms with Gasteiger partial charge in [-0.15, -0.1) is 0 Å². The van der Waals surface area contributed by atoms with Crippen molar-refractivity contribution in [3.63, 3.8) is 0 Å². The Hall–Kier alpha value is -2.42. The molecule has 2 aliphatic heterocycles. The summed E-state index contributed by atoms with van der Waals surface area (Å²) in [4.78, 5) is 21.2. The van der Waals surface area contributed by atoms with Crippen LogP contribution in [0, 0.1) is 5.92 Å². The summed E-state index contributed by atoms with van der Waals surface area (Å²) in [6.07, 6.45) is 0.666. The van der Waals surface area contributed by atoms with E-state index < -0.39 is 11.7 Å². The van der Waals surface area contributed by atoms with E-state index in [0.29, 0.717) is 18.0 Å². The molecule has 30 heavy (non-hydrogen) atoms. The molecule has 6 nitrogen and oxygen atoms in total. The highest BCUT2D eigenvalue weighted by atomic mass is 19.4. The van der Waals surface area contributed by atoms with Gasteiger partial charge >= 0.3 is 6.18 Å². The fourth-order valence-corrected chi connectivity index (χ4v) is 4.15. The van der Waals surface area contributed by atoms with Crippen LogP contribution in [0.2, 0.25) is 0 Å². The van der Waals surface area contributed by atoms with Crippen molar-refractivity contribution >= 4 is 5.91 Å². The lowest BCUT2D eigenvalue weighted by molar-refractivity contribution is -0.138. The highest BCUT2D eigenvalue weighted by molar-refractivity contribution is 5.79. The first kappa shape index (κ1) is 20.8. The number of rotatable bonds is 4. The van der Waals surface area contributed by atoms with E-state index in [1.165, 1.54) is 18.6 Å². The van der Waals surface area contributed by atoms with Gasteiger partial charge in [0, 0.05) is 24.6 Å². The predicted molar refractivity (Wildman–Crippen MR) is 103 cm³/mol. The van der Waals surface area contributed by atoms with Crippen LogP contribution in [0.4, 0.5) is 13.2 Å². The lowest BCUT2D eigenvalue weighted by atomic mass is 9.94. The molecule has 0 bridgehead atoms. The molecule has 1 aromatic heterocycles. The Kier molecular flexibility index (Phi) is 6.08. The number of benzene rings is 1. The Labute approximate surface area is 173 Å². The average molecular weight is 422 g/mol. The van der Waals surface area contributed by atoms with Gasteiger partial charge in [0.15, 0.2) is 0 Å². The van der Waals surface area contributed by atoms with Gasteiger partial charge in [0.2, 0.25) is 17.6 Å². The number of amides is 1. The number of likely N-dealkylation sites (tertiary alicyclic amines) is 2. The fraction of sp³-hybridized carbons (Fsp3) is 0.571. The van der Waals surface area contributed by atoms with Gasteiger partial charge in [-0.2, -0.15) is 18.2 Å². The van der Waals surface area contributed by atoms with E-state index in [0.717, 1.165) is 64.0 Å². The van der Waals surface area contributed by atoms with Crippen LogP contribution in [-0.4, -0.2) is 52.0 Å². The lowest BCUT2D eigenvalue weighted by Crippen LogP contribution is -2.44. The molecule has 2 aromatic rings. The van der Waals surface area contributed by atoms with Gasteiger partial charge in [-0.25, -0.2) is 0 Å². The molecule has 3 heterocycles. The zero-order valence-electron chi connectivity index (χ0n) is 16.7. The third-order valence-corrected chi connectivity index (χ3v) is 5.90. The molecule has 0 unspecified atom stereocenters. The largest absolute Gasteiger partial charge is 0.416 e. The van der Waals surface area contributed by atoms with Crippen molar-refractivity contribution in [2.45, 2.75) is 44.8 Å². The maximum atomic E-state index is 12.7. The van der Waals surface area contributed by atoms with Crippen LogP contribution >= 0.6 is 0 Å². The quantitative estimate of drug-likeness (QED) is 0.746. The van der Waals surface area contributed by atoms with E-state index >= 15 is 0 Å². The number of hydrogen-bond acceptors (Lipinski definition) is 5. The summed E-state index contributed by atoms with van der Waals surface area (Å²) >= 11 is 0. The molecule has 0 aliphatic carbocycles. The van der Waals surface area contributed by atoms with Crippen LogP contribution in [0.3, 0.4) is 0 Å². The summed E-state index contributed by atoms with van der Waals surface area (Å²) in [5.41, 5.74) is -0.235. The van der Waals surface area contributed by atoms with Crippen molar-refractivity contribution in [1.29, 1.82) is 0 Å². The molecular formula is C21H25F3N4O2. The molecule has 0 spiro atoms. The first-order valence-corrected chi connectivity index (χ1v) is 10.4. The van der Waals surface area contributed by atoms with Crippen LogP contribution in [0.15, 0.2) is 28.8 Å². The van der Waals surface area contributed by atoms with E-state index in [1.54, 1.807) is 0 Å². The standard InChI is InChI=1S/C21H25F3N4O2/c22-21(23,24)17-6-4-15(5-7-17)19-25-18(30-26-19)14-27-12-8-16(9-13-27)20(29)28-10-2-1-3-11-28/h4-7,16H,1-3,8-14H2. The summed E-state index contributed by atoms with van der Waals surface area (Å²) in [5, 5.41) is 3.89. The Morgan fingerprint density at radius 2 is 1.70 bits per heavy atom. The fourth-order valence-electron chi connectivity index (χ4n) is 4.15. The van der Waals surface area contributed by atoms with E-state index in [4.69, 9.17) is 4.52 Å². The summed E-state index contributed by atoms with van der Waals surface area (Å²) in [7, 11) is 0. The van der Waals surface area contributed by atoms with Crippen molar-refractivity contribution < 1.29 is 22.5 Å². The van der Waals surface area contributed by atoms with Gasteiger partial charge in [0.1, 0.15) is 0 Å². The topological polar surface area (TPSA) is 62.5 Å². The summed E-state index contributed by atoms with van der Waals surface area (Å²) < 4.78 is 43.4. The first-order chi connectivity index (χ1) is 14.4. The number of hydrogen-bond donors (Lipinski definition) is 0. The summed E-state index contributed by atoms with van der Waals surface area (Å²) in [6, 6.07) is 4.70. The van der Waals surface area contributed by atoms with Gasteiger partial charge in [0.05, 0.1) is 12.1 Å². The van der Waals surface area contributed by atoms with Crippen LogP contribution < -0.4 is 0 Å². The second kappa shape index (κ2) is 8.75. The molecule has 4 rings (SSSR count). The van der Waals surface area contributed by atoms with Gasteiger partial charge in [-0.05, 0) is 57.3 Å². The van der Waals surface area contributed by atoms with E-state index in [1.807, 2.05) is 4.90 Å². The number of carbonyl (C=O) groups is 1. The van der Waals surface area contributed by atoms with Crippen molar-refractivity contribution in [1.82, 2.24) is 19.9 Å². The normalized spacial score (nSPS) is 19.2. The molecule has 2 aliphatic rings. The minimum Gasteiger partial charge on any atom is -0.342 e. The zero-order chi connectivity index (χ0) is 21.1. The highest BCUT2D eigenvalue weighted by Crippen LogP contribution is 2.30. The minimum absolute atomic E-state index is 0.0877. The van der Waals surface area contributed by atoms with E-state index in [2.05, 4.69) is 15.0 Å². The second-order valence-electron chi connectivity index (χ2n) is 8.02. The zero-order valence-corrected chi connectivity index (χ0v) is 16.7. The molecule has 0 saturated carbocycles. The lowest BCUT2D eigenvalue weighted by Gasteiger charge is -2.35. The van der Waals surface area contributed by atoms with Crippen molar-refractivity contribution in [3.05, 3.63) is 35.7 Å². The number of halogens is 3. The van der Waals surface area contributed by atoms with E-state index in [9.17, 15) is 18.0 Å². The van der Waals surface area contributed by atoms with Gasteiger partial charge in [-0.1, -0.05) is 17.3 Å². The Balaban J connectivity index is 1.30. The summed E-state index contributed by atoms with van der Waals surface area (Å²) in [6.45, 7) is 3.80. The molecule has 0 radical (unpaired) electrons. The maximum absolute atomic E-state index is 12.7. The molecular weight excluding hydrogens is 397 g/mol. The number of carbonyl (C=O) groups excluding carboxylic acids is 1. The Morgan fingerprint density at radius 1 is 1.03 bits per heavy atom. The van der Waals surface area contributed by atoms with Crippen LogP contribution in [-0.2, 0) is 17.5 Å². The molecule has 1 amide bonds. The van der Waals surface area contributed by atoms with Crippen LogP contribution in [0.25, 0.3) is 11.4 Å². The SMILES string of the molecule is O=C(C1CCN(Cc2nc(-c3ccc(C(F)(F)F)cc3)no2)CC1)N1CCCCC1. The molecule has 2 fully saturated rings. The monoisotopic (exact) mass is 422 g/mol. The number of alkyl halides is 3. The third-order valence-electron chi connectivity index (χ3n) is 5.90. The van der Waals surface area contributed by atoms with Crippen LogP contribution in [0.1, 0.15) is 43.6 Å². The third kappa shape index (κ3) is 4.83. The van der Waals surface area contributed by atoms with Crippen molar-refractivity contribution in [2.75, 3.05) is 26.2 Å². The van der Waals surface area contributed by atoms with Crippen molar-refractivity contribution in [3.8, 4) is 11.4 Å². The predicted octanol–water partition coefficient (Wildman–Crippen LogP) is 3.98. The summed E-state index contributed by atoms with van der Waals surface area (Å²) in [5.74, 6) is 1.07. The van der Waals surface area contributed by atoms with Gasteiger partial charge in [0.25, 0.3) is 0 Å². The molecule has 162 valence electrons. The van der Waals surface area contributed by atoms with Crippen LogP contribution in [0.5, 0.6) is 0 Å². The smallest absolute Gasteiger partial charge is 0.342 e. The second-order valence-corrected chi connectivity index (χ2v) is 8.02. The Bertz CT molecular complexity index is 852. The first-order valence-electron chi connectivity index (χ1n) is 10.4. The maximum Gasteiger partial charge on any atom is 0.416 e. The van der Waals surface area contributed by atoms with Crippen molar-refractivity contribution in [2.24, 2.45) is 5.92 Å². The van der Waals surface area contributed by atoms with Gasteiger partial charge in [-0.3, -0.25) is 9.69 Å². The number of aromatic nitrogens is 2. The number of piperidine rings is 2. The number of nitrogens with zero attached hydrogens (tertiary/aromatic N) is 4. The molecule has 2 saturated heterocycles.